The maximum Gasteiger partial charge on any atom is 0.271 e. The Hall–Kier alpha value is -0.490. The first-order chi connectivity index (χ1) is 6.65. The Morgan fingerprint density at radius 3 is 3.00 bits per heavy atom. The van der Waals surface area contributed by atoms with E-state index in [9.17, 15) is 4.79 Å². The molecule has 0 fully saturated rings. The van der Waals surface area contributed by atoms with Gasteiger partial charge in [0.1, 0.15) is 12.0 Å². The van der Waals surface area contributed by atoms with Crippen LogP contribution in [0.3, 0.4) is 0 Å². The van der Waals surface area contributed by atoms with Gasteiger partial charge in [0.05, 0.1) is 4.47 Å². The highest BCUT2D eigenvalue weighted by Gasteiger charge is 2.13. The molecule has 0 aromatic carbocycles. The van der Waals surface area contributed by atoms with E-state index in [0.29, 0.717) is 15.5 Å². The van der Waals surface area contributed by atoms with E-state index in [-0.39, 0.29) is 11.9 Å². The Morgan fingerprint density at radius 1 is 1.71 bits per heavy atom. The van der Waals surface area contributed by atoms with Gasteiger partial charge in [-0.1, -0.05) is 15.9 Å². The summed E-state index contributed by atoms with van der Waals surface area (Å²) in [7, 11) is 0. The van der Waals surface area contributed by atoms with Gasteiger partial charge in [0.25, 0.3) is 5.91 Å². The first-order valence-electron chi connectivity index (χ1n) is 3.97. The zero-order valence-corrected chi connectivity index (χ0v) is 10.7. The second-order valence-electron chi connectivity index (χ2n) is 2.75. The molecule has 1 N–H and O–H groups in total. The highest BCUT2D eigenvalue weighted by molar-refractivity contribution is 9.10. The number of aromatic nitrogens is 2. The molecule has 0 bridgehead atoms. The predicted molar refractivity (Wildman–Crippen MR) is 60.5 cm³/mol. The molecule has 14 heavy (non-hydrogen) atoms. The van der Waals surface area contributed by atoms with E-state index in [2.05, 4.69) is 47.1 Å². The first kappa shape index (κ1) is 11.6. The highest BCUT2D eigenvalue weighted by atomic mass is 79.9. The number of hydrogen-bond donors (Lipinski definition) is 1. The van der Waals surface area contributed by atoms with Crippen molar-refractivity contribution in [1.82, 2.24) is 15.3 Å². The number of rotatable bonds is 3. The lowest BCUT2D eigenvalue weighted by Gasteiger charge is -2.10. The van der Waals surface area contributed by atoms with Crippen LogP contribution >= 0.6 is 31.9 Å². The topological polar surface area (TPSA) is 54.9 Å². The average Bonchev–Trinajstić information content (AvgIpc) is 2.18. The summed E-state index contributed by atoms with van der Waals surface area (Å²) in [6, 6.07) is 0.0735. The van der Waals surface area contributed by atoms with Gasteiger partial charge in [-0.2, -0.15) is 0 Å². The lowest BCUT2D eigenvalue weighted by atomic mass is 10.3. The predicted octanol–water partition coefficient (Wildman–Crippen LogP) is 1.75. The standard InChI is InChI=1S/C8H9Br2N3O/c1-5(2-9)13-8(14)7-6(10)3-11-4-12-7/h3-5H,2H2,1H3,(H,13,14). The van der Waals surface area contributed by atoms with E-state index < -0.39 is 0 Å². The maximum absolute atomic E-state index is 11.6. The van der Waals surface area contributed by atoms with Gasteiger partial charge in [-0.25, -0.2) is 9.97 Å². The Labute approximate surface area is 98.8 Å². The first-order valence-corrected chi connectivity index (χ1v) is 5.89. The molecule has 1 unspecified atom stereocenters. The van der Waals surface area contributed by atoms with Crippen LogP contribution in [0.2, 0.25) is 0 Å². The Balaban J connectivity index is 2.75. The van der Waals surface area contributed by atoms with Gasteiger partial charge in [0.2, 0.25) is 0 Å². The number of hydrogen-bond acceptors (Lipinski definition) is 3. The van der Waals surface area contributed by atoms with Crippen molar-refractivity contribution in [3.8, 4) is 0 Å². The van der Waals surface area contributed by atoms with Crippen molar-refractivity contribution < 1.29 is 4.79 Å². The lowest BCUT2D eigenvalue weighted by molar-refractivity contribution is 0.0938. The van der Waals surface area contributed by atoms with E-state index in [1.54, 1.807) is 6.20 Å². The Morgan fingerprint density at radius 2 is 2.43 bits per heavy atom. The normalized spacial score (nSPS) is 12.2. The molecule has 0 radical (unpaired) electrons. The van der Waals surface area contributed by atoms with Crippen molar-refractivity contribution in [1.29, 1.82) is 0 Å². The molecule has 0 aliphatic carbocycles. The third-order valence-electron chi connectivity index (χ3n) is 1.49. The van der Waals surface area contributed by atoms with Gasteiger partial charge in [0.15, 0.2) is 0 Å². The summed E-state index contributed by atoms with van der Waals surface area (Å²) in [6.07, 6.45) is 2.89. The van der Waals surface area contributed by atoms with Gasteiger partial charge in [-0.3, -0.25) is 4.79 Å². The minimum absolute atomic E-state index is 0.0735. The molecule has 1 rings (SSSR count). The molecule has 4 nitrogen and oxygen atoms in total. The second kappa shape index (κ2) is 5.41. The summed E-state index contributed by atoms with van der Waals surface area (Å²) >= 11 is 6.49. The molecule has 1 heterocycles. The van der Waals surface area contributed by atoms with E-state index in [1.807, 2.05) is 6.92 Å². The summed E-state index contributed by atoms with van der Waals surface area (Å²) < 4.78 is 0.597. The lowest BCUT2D eigenvalue weighted by Crippen LogP contribution is -2.34. The largest absolute Gasteiger partial charge is 0.347 e. The number of halogens is 2. The van der Waals surface area contributed by atoms with Gasteiger partial charge >= 0.3 is 0 Å². The molecule has 1 amide bonds. The quantitative estimate of drug-likeness (QED) is 0.863. The number of nitrogens with zero attached hydrogens (tertiary/aromatic N) is 2. The summed E-state index contributed by atoms with van der Waals surface area (Å²) in [5.74, 6) is -0.203. The molecule has 1 aromatic heterocycles. The van der Waals surface area contributed by atoms with E-state index in [4.69, 9.17) is 0 Å². The van der Waals surface area contributed by atoms with Crippen LogP contribution < -0.4 is 5.32 Å². The molecule has 76 valence electrons. The van der Waals surface area contributed by atoms with Crippen molar-refractivity contribution >= 4 is 37.8 Å². The average molecular weight is 323 g/mol. The van der Waals surface area contributed by atoms with Crippen LogP contribution in [0.4, 0.5) is 0 Å². The van der Waals surface area contributed by atoms with Gasteiger partial charge in [-0.15, -0.1) is 0 Å². The molecule has 0 aliphatic rings. The van der Waals surface area contributed by atoms with E-state index >= 15 is 0 Å². The van der Waals surface area contributed by atoms with Crippen molar-refractivity contribution in [3.63, 3.8) is 0 Å². The summed E-state index contributed by atoms with van der Waals surface area (Å²) in [5, 5.41) is 3.49. The molecule has 6 heteroatoms. The highest BCUT2D eigenvalue weighted by Crippen LogP contribution is 2.11. The fourth-order valence-corrected chi connectivity index (χ4v) is 1.37. The van der Waals surface area contributed by atoms with Crippen LogP contribution in [0.15, 0.2) is 17.0 Å². The van der Waals surface area contributed by atoms with Crippen molar-refractivity contribution in [2.75, 3.05) is 5.33 Å². The van der Waals surface area contributed by atoms with Gasteiger partial charge < -0.3 is 5.32 Å². The molecule has 1 atom stereocenters. The van der Waals surface area contributed by atoms with Crippen molar-refractivity contribution in [2.24, 2.45) is 0 Å². The van der Waals surface area contributed by atoms with Crippen LogP contribution in [-0.4, -0.2) is 27.2 Å². The van der Waals surface area contributed by atoms with Gasteiger partial charge in [-0.05, 0) is 22.9 Å². The Kier molecular flexibility index (Phi) is 4.47. The number of carbonyl (C=O) groups is 1. The number of nitrogens with one attached hydrogen (secondary N) is 1. The fraction of sp³-hybridized carbons (Fsp3) is 0.375. The molecular weight excluding hydrogens is 314 g/mol. The summed E-state index contributed by atoms with van der Waals surface area (Å²) in [4.78, 5) is 19.2. The molecule has 0 spiro atoms. The fourth-order valence-electron chi connectivity index (χ4n) is 0.810. The number of alkyl halides is 1. The molecule has 1 aromatic rings. The van der Waals surface area contributed by atoms with Crippen LogP contribution in [0, 0.1) is 0 Å². The minimum atomic E-state index is -0.203. The van der Waals surface area contributed by atoms with Crippen molar-refractivity contribution in [2.45, 2.75) is 13.0 Å². The van der Waals surface area contributed by atoms with Gasteiger partial charge in [0, 0.05) is 17.6 Å². The Bertz CT molecular complexity index is 332. The molecular formula is C8H9Br2N3O. The van der Waals surface area contributed by atoms with Crippen LogP contribution in [-0.2, 0) is 0 Å². The molecule has 0 saturated heterocycles. The summed E-state index contributed by atoms with van der Waals surface area (Å²) in [6.45, 7) is 1.90. The third-order valence-corrected chi connectivity index (χ3v) is 3.04. The smallest absolute Gasteiger partial charge is 0.271 e. The SMILES string of the molecule is CC(CBr)NC(=O)c1ncncc1Br. The number of amides is 1. The minimum Gasteiger partial charge on any atom is -0.347 e. The maximum atomic E-state index is 11.6. The molecule has 0 aliphatic heterocycles. The van der Waals surface area contributed by atoms with Crippen LogP contribution in [0.1, 0.15) is 17.4 Å². The number of carbonyl (C=O) groups excluding carboxylic acids is 1. The van der Waals surface area contributed by atoms with Crippen molar-refractivity contribution in [3.05, 3.63) is 22.7 Å². The van der Waals surface area contributed by atoms with Crippen LogP contribution in [0.5, 0.6) is 0 Å². The molecule has 0 saturated carbocycles. The van der Waals surface area contributed by atoms with E-state index in [0.717, 1.165) is 0 Å². The zero-order chi connectivity index (χ0) is 10.6. The summed E-state index contributed by atoms with van der Waals surface area (Å²) in [5.41, 5.74) is 0.354. The zero-order valence-electron chi connectivity index (χ0n) is 7.50. The second-order valence-corrected chi connectivity index (χ2v) is 4.25. The van der Waals surface area contributed by atoms with Crippen LogP contribution in [0.25, 0.3) is 0 Å². The van der Waals surface area contributed by atoms with E-state index in [1.165, 1.54) is 6.33 Å². The third kappa shape index (κ3) is 3.02. The monoisotopic (exact) mass is 321 g/mol.